The third-order valence-electron chi connectivity index (χ3n) is 2.79. The van der Waals surface area contributed by atoms with E-state index in [1.807, 2.05) is 26.0 Å². The van der Waals surface area contributed by atoms with Crippen molar-refractivity contribution >= 4 is 15.7 Å². The first-order valence-corrected chi connectivity index (χ1v) is 7.33. The Morgan fingerprint density at radius 1 is 1.21 bits per heavy atom. The normalized spacial score (nSPS) is 11.5. The van der Waals surface area contributed by atoms with Crippen LogP contribution in [0, 0.1) is 13.8 Å². The molecule has 19 heavy (non-hydrogen) atoms. The SMILES string of the molecule is Cc1ccc(CNc2cc(S(N)(=O)=O)ccc2C)o1. The van der Waals surface area contributed by atoms with Gasteiger partial charge in [0.05, 0.1) is 11.4 Å². The molecule has 1 aromatic heterocycles. The van der Waals surface area contributed by atoms with Crippen LogP contribution in [0.15, 0.2) is 39.6 Å². The van der Waals surface area contributed by atoms with Crippen molar-refractivity contribution in [2.45, 2.75) is 25.3 Å². The summed E-state index contributed by atoms with van der Waals surface area (Å²) >= 11 is 0. The van der Waals surface area contributed by atoms with Crippen molar-refractivity contribution in [2.75, 3.05) is 5.32 Å². The van der Waals surface area contributed by atoms with Crippen LogP contribution in [0.5, 0.6) is 0 Å². The average Bonchev–Trinajstić information content (AvgIpc) is 2.72. The summed E-state index contributed by atoms with van der Waals surface area (Å²) in [7, 11) is -3.68. The molecule has 2 rings (SSSR count). The van der Waals surface area contributed by atoms with Gasteiger partial charge < -0.3 is 9.73 Å². The number of benzene rings is 1. The number of furan rings is 1. The standard InChI is InChI=1S/C13H16N2O3S/c1-9-3-6-12(19(14,16)17)7-13(9)15-8-11-5-4-10(2)18-11/h3-7,15H,8H2,1-2H3,(H2,14,16,17). The molecule has 0 aliphatic heterocycles. The van der Waals surface area contributed by atoms with Gasteiger partial charge in [-0.1, -0.05) is 6.07 Å². The zero-order chi connectivity index (χ0) is 14.0. The zero-order valence-electron chi connectivity index (χ0n) is 10.8. The molecule has 0 radical (unpaired) electrons. The van der Waals surface area contributed by atoms with Gasteiger partial charge in [-0.05, 0) is 43.7 Å². The first kappa shape index (κ1) is 13.6. The van der Waals surface area contributed by atoms with E-state index >= 15 is 0 Å². The molecular formula is C13H16N2O3S. The Bertz CT molecular complexity index is 690. The molecule has 3 N–H and O–H groups in total. The summed E-state index contributed by atoms with van der Waals surface area (Å²) in [6, 6.07) is 8.49. The second-order valence-electron chi connectivity index (χ2n) is 4.39. The summed E-state index contributed by atoms with van der Waals surface area (Å²) in [5.41, 5.74) is 1.66. The van der Waals surface area contributed by atoms with E-state index in [2.05, 4.69) is 5.32 Å². The van der Waals surface area contributed by atoms with Gasteiger partial charge in [-0.2, -0.15) is 0 Å². The Morgan fingerprint density at radius 2 is 1.95 bits per heavy atom. The Morgan fingerprint density at radius 3 is 2.53 bits per heavy atom. The molecule has 0 aliphatic carbocycles. The van der Waals surface area contributed by atoms with E-state index in [-0.39, 0.29) is 4.90 Å². The predicted molar refractivity (Wildman–Crippen MR) is 73.3 cm³/mol. The minimum Gasteiger partial charge on any atom is -0.465 e. The maximum atomic E-state index is 11.3. The van der Waals surface area contributed by atoms with Crippen LogP contribution < -0.4 is 10.5 Å². The lowest BCUT2D eigenvalue weighted by Gasteiger charge is -2.09. The van der Waals surface area contributed by atoms with Crippen LogP contribution in [0.2, 0.25) is 0 Å². The molecule has 1 aromatic carbocycles. The summed E-state index contributed by atoms with van der Waals surface area (Å²) in [5.74, 6) is 1.63. The summed E-state index contributed by atoms with van der Waals surface area (Å²) in [4.78, 5) is 0.0937. The maximum Gasteiger partial charge on any atom is 0.238 e. The molecule has 0 spiro atoms. The van der Waals surface area contributed by atoms with Crippen LogP contribution in [0.3, 0.4) is 0 Å². The molecule has 0 aliphatic rings. The topological polar surface area (TPSA) is 85.3 Å². The van der Waals surface area contributed by atoms with E-state index in [1.165, 1.54) is 12.1 Å². The molecule has 0 saturated heterocycles. The molecule has 5 nitrogen and oxygen atoms in total. The lowest BCUT2D eigenvalue weighted by molar-refractivity contribution is 0.490. The number of nitrogens with two attached hydrogens (primary N) is 1. The summed E-state index contributed by atoms with van der Waals surface area (Å²) in [6.07, 6.45) is 0. The van der Waals surface area contributed by atoms with Crippen molar-refractivity contribution in [3.63, 3.8) is 0 Å². The predicted octanol–water partition coefficient (Wildman–Crippen LogP) is 2.16. The largest absolute Gasteiger partial charge is 0.465 e. The van der Waals surface area contributed by atoms with Gasteiger partial charge in [0, 0.05) is 5.69 Å². The summed E-state index contributed by atoms with van der Waals surface area (Å²) in [5, 5.41) is 8.25. The van der Waals surface area contributed by atoms with Gasteiger partial charge in [-0.25, -0.2) is 13.6 Å². The Labute approximate surface area is 112 Å². The van der Waals surface area contributed by atoms with E-state index < -0.39 is 10.0 Å². The number of nitrogens with one attached hydrogen (secondary N) is 1. The van der Waals surface area contributed by atoms with Crippen molar-refractivity contribution in [1.82, 2.24) is 0 Å². The lowest BCUT2D eigenvalue weighted by atomic mass is 10.2. The highest BCUT2D eigenvalue weighted by molar-refractivity contribution is 7.89. The first-order chi connectivity index (χ1) is 8.86. The lowest BCUT2D eigenvalue weighted by Crippen LogP contribution is -2.12. The van der Waals surface area contributed by atoms with Crippen LogP contribution in [0.1, 0.15) is 17.1 Å². The summed E-state index contributed by atoms with van der Waals surface area (Å²) < 4.78 is 28.0. The highest BCUT2D eigenvalue weighted by Gasteiger charge is 2.10. The van der Waals surface area contributed by atoms with Crippen LogP contribution in [0.25, 0.3) is 0 Å². The second-order valence-corrected chi connectivity index (χ2v) is 5.95. The maximum absolute atomic E-state index is 11.3. The molecule has 102 valence electrons. The van der Waals surface area contributed by atoms with Crippen molar-refractivity contribution in [2.24, 2.45) is 5.14 Å². The minimum atomic E-state index is -3.68. The van der Waals surface area contributed by atoms with Gasteiger partial charge >= 0.3 is 0 Å². The average molecular weight is 280 g/mol. The molecule has 0 atom stereocenters. The number of sulfonamides is 1. The first-order valence-electron chi connectivity index (χ1n) is 5.79. The Balaban J connectivity index is 2.20. The van der Waals surface area contributed by atoms with E-state index in [0.717, 1.165) is 22.8 Å². The number of anilines is 1. The molecule has 6 heteroatoms. The van der Waals surface area contributed by atoms with Crippen molar-refractivity contribution < 1.29 is 12.8 Å². The molecule has 0 bridgehead atoms. The molecule has 2 aromatic rings. The van der Waals surface area contributed by atoms with Crippen LogP contribution in [0.4, 0.5) is 5.69 Å². The molecule has 0 fully saturated rings. The number of rotatable bonds is 4. The number of primary sulfonamides is 1. The monoisotopic (exact) mass is 280 g/mol. The van der Waals surface area contributed by atoms with Gasteiger partial charge in [-0.15, -0.1) is 0 Å². The quantitative estimate of drug-likeness (QED) is 0.898. The fourth-order valence-electron chi connectivity index (χ4n) is 1.73. The molecular weight excluding hydrogens is 264 g/mol. The van der Waals surface area contributed by atoms with Gasteiger partial charge in [-0.3, -0.25) is 0 Å². The number of aryl methyl sites for hydroxylation is 2. The van der Waals surface area contributed by atoms with Crippen molar-refractivity contribution in [3.05, 3.63) is 47.4 Å². The van der Waals surface area contributed by atoms with Crippen LogP contribution in [-0.4, -0.2) is 8.42 Å². The highest BCUT2D eigenvalue weighted by Crippen LogP contribution is 2.20. The highest BCUT2D eigenvalue weighted by atomic mass is 32.2. The van der Waals surface area contributed by atoms with Crippen molar-refractivity contribution in [3.8, 4) is 0 Å². The zero-order valence-corrected chi connectivity index (χ0v) is 11.6. The number of hydrogen-bond donors (Lipinski definition) is 2. The van der Waals surface area contributed by atoms with Gasteiger partial charge in [0.1, 0.15) is 11.5 Å². The van der Waals surface area contributed by atoms with Crippen LogP contribution in [-0.2, 0) is 16.6 Å². The second kappa shape index (κ2) is 5.07. The van der Waals surface area contributed by atoms with Gasteiger partial charge in [0.15, 0.2) is 0 Å². The third kappa shape index (κ3) is 3.36. The number of hydrogen-bond acceptors (Lipinski definition) is 4. The van der Waals surface area contributed by atoms with E-state index in [9.17, 15) is 8.42 Å². The van der Waals surface area contributed by atoms with Crippen molar-refractivity contribution in [1.29, 1.82) is 0 Å². The van der Waals surface area contributed by atoms with Gasteiger partial charge in [0.25, 0.3) is 0 Å². The fraction of sp³-hybridized carbons (Fsp3) is 0.231. The molecule has 1 heterocycles. The molecule has 0 unspecified atom stereocenters. The van der Waals surface area contributed by atoms with E-state index in [1.54, 1.807) is 6.07 Å². The fourth-order valence-corrected chi connectivity index (χ4v) is 2.27. The minimum absolute atomic E-state index is 0.0937. The Kier molecular flexibility index (Phi) is 3.64. The third-order valence-corrected chi connectivity index (χ3v) is 3.70. The van der Waals surface area contributed by atoms with E-state index in [4.69, 9.17) is 9.56 Å². The Hall–Kier alpha value is -1.79. The molecule has 0 saturated carbocycles. The smallest absolute Gasteiger partial charge is 0.238 e. The molecule has 0 amide bonds. The van der Waals surface area contributed by atoms with Gasteiger partial charge in [0.2, 0.25) is 10.0 Å². The van der Waals surface area contributed by atoms with Crippen LogP contribution >= 0.6 is 0 Å². The summed E-state index contributed by atoms with van der Waals surface area (Å²) in [6.45, 7) is 4.25. The van der Waals surface area contributed by atoms with E-state index in [0.29, 0.717) is 6.54 Å².